The topological polar surface area (TPSA) is 49.0 Å². The van der Waals surface area contributed by atoms with Crippen LogP contribution < -0.4 is 5.56 Å². The summed E-state index contributed by atoms with van der Waals surface area (Å²) in [6.07, 6.45) is 14.5. The Morgan fingerprint density at radius 3 is 2.96 bits per heavy atom. The number of allylic oxidation sites excluding steroid dienone is 5. The van der Waals surface area contributed by atoms with Crippen molar-refractivity contribution < 1.29 is 0 Å². The predicted octanol–water partition coefficient (Wildman–Crippen LogP) is 4.57. The summed E-state index contributed by atoms with van der Waals surface area (Å²) in [7, 11) is 0. The van der Waals surface area contributed by atoms with Gasteiger partial charge in [-0.15, -0.1) is 0 Å². The van der Waals surface area contributed by atoms with Gasteiger partial charge in [-0.2, -0.15) is 0 Å². The smallest absolute Gasteiger partial charge is 0.258 e. The van der Waals surface area contributed by atoms with Crippen LogP contribution in [0.5, 0.6) is 0 Å². The minimum atomic E-state index is -0.0483. The molecular weight excluding hydrogens is 346 g/mol. The average Bonchev–Trinajstić information content (AvgIpc) is 2.72. The highest BCUT2D eigenvalue weighted by Gasteiger charge is 2.13. The van der Waals surface area contributed by atoms with E-state index < -0.39 is 0 Å². The summed E-state index contributed by atoms with van der Waals surface area (Å²) in [5, 5.41) is 0.653. The molecule has 0 amide bonds. The van der Waals surface area contributed by atoms with Crippen LogP contribution >= 0.6 is 0 Å². The fourth-order valence-electron chi connectivity index (χ4n) is 3.54. The second kappa shape index (κ2) is 10.00. The van der Waals surface area contributed by atoms with Crippen molar-refractivity contribution in [3.8, 4) is 0 Å². The first-order valence-electron chi connectivity index (χ1n) is 10.1. The molecule has 0 saturated carbocycles. The molecule has 1 aromatic carbocycles. The predicted molar refractivity (Wildman–Crippen MR) is 118 cm³/mol. The minimum Gasteiger partial charge on any atom is -0.310 e. The number of aromatic nitrogens is 2. The van der Waals surface area contributed by atoms with Gasteiger partial charge >= 0.3 is 0 Å². The standard InChI is InChI=1S/C24H29N3O/c1-3-5-10-19(9-4-2)20-14-17-27(18-15-20)16-8-13-23-25-22-12-7-6-11-21(22)24(28)26-23/h4-7,9-12,14H,2-3,8,13,15-18H2,1H3,(H,25,26,28)/b10-5-,19-9+. The van der Waals surface area contributed by atoms with Gasteiger partial charge in [0.05, 0.1) is 10.9 Å². The summed E-state index contributed by atoms with van der Waals surface area (Å²) < 4.78 is 0. The molecule has 0 fully saturated rings. The first kappa shape index (κ1) is 20.0. The summed E-state index contributed by atoms with van der Waals surface area (Å²) in [5.74, 6) is 0.776. The largest absolute Gasteiger partial charge is 0.310 e. The monoisotopic (exact) mass is 375 g/mol. The molecule has 0 radical (unpaired) electrons. The Labute approximate surface area is 167 Å². The van der Waals surface area contributed by atoms with Crippen LogP contribution in [0.1, 0.15) is 32.0 Å². The van der Waals surface area contributed by atoms with Crippen LogP contribution in [-0.4, -0.2) is 34.5 Å². The lowest BCUT2D eigenvalue weighted by molar-refractivity contribution is 0.290. The lowest BCUT2D eigenvalue weighted by atomic mass is 9.98. The van der Waals surface area contributed by atoms with Crippen molar-refractivity contribution in [2.75, 3.05) is 19.6 Å². The van der Waals surface area contributed by atoms with E-state index in [2.05, 4.69) is 52.7 Å². The van der Waals surface area contributed by atoms with Crippen molar-refractivity contribution >= 4 is 10.9 Å². The van der Waals surface area contributed by atoms with Crippen LogP contribution in [0.2, 0.25) is 0 Å². The van der Waals surface area contributed by atoms with Gasteiger partial charge in [-0.3, -0.25) is 9.69 Å². The number of aromatic amines is 1. The van der Waals surface area contributed by atoms with Crippen LogP contribution in [-0.2, 0) is 6.42 Å². The van der Waals surface area contributed by atoms with Crippen molar-refractivity contribution in [3.05, 3.63) is 88.5 Å². The van der Waals surface area contributed by atoms with E-state index in [1.807, 2.05) is 30.3 Å². The number of benzene rings is 1. The summed E-state index contributed by atoms with van der Waals surface area (Å²) in [4.78, 5) is 22.1. The molecule has 4 heteroatoms. The van der Waals surface area contributed by atoms with E-state index in [1.54, 1.807) is 0 Å². The molecule has 0 unspecified atom stereocenters. The van der Waals surface area contributed by atoms with Gasteiger partial charge in [0.25, 0.3) is 5.56 Å². The van der Waals surface area contributed by atoms with E-state index in [0.717, 1.165) is 56.7 Å². The minimum absolute atomic E-state index is 0.0483. The van der Waals surface area contributed by atoms with Crippen LogP contribution in [0.25, 0.3) is 10.9 Å². The van der Waals surface area contributed by atoms with Crippen molar-refractivity contribution in [2.45, 2.75) is 32.6 Å². The van der Waals surface area contributed by atoms with Gasteiger partial charge in [-0.1, -0.05) is 56.0 Å². The molecule has 0 saturated heterocycles. The zero-order valence-electron chi connectivity index (χ0n) is 16.7. The molecule has 1 aliphatic heterocycles. The molecule has 28 heavy (non-hydrogen) atoms. The summed E-state index contributed by atoms with van der Waals surface area (Å²) in [6.45, 7) is 9.01. The molecule has 2 aromatic rings. The zero-order valence-corrected chi connectivity index (χ0v) is 16.7. The van der Waals surface area contributed by atoms with Gasteiger partial charge in [-0.25, -0.2) is 4.98 Å². The molecule has 0 bridgehead atoms. The van der Waals surface area contributed by atoms with Gasteiger partial charge in [0, 0.05) is 19.5 Å². The van der Waals surface area contributed by atoms with Gasteiger partial charge < -0.3 is 4.98 Å². The first-order chi connectivity index (χ1) is 13.7. The van der Waals surface area contributed by atoms with Crippen LogP contribution in [0, 0.1) is 0 Å². The fraction of sp³-hybridized carbons (Fsp3) is 0.333. The van der Waals surface area contributed by atoms with Crippen LogP contribution in [0.15, 0.2) is 77.2 Å². The lowest BCUT2D eigenvalue weighted by Crippen LogP contribution is -2.30. The third kappa shape index (κ3) is 5.17. The maximum absolute atomic E-state index is 12.2. The Morgan fingerprint density at radius 2 is 2.21 bits per heavy atom. The van der Waals surface area contributed by atoms with Gasteiger partial charge in [0.15, 0.2) is 0 Å². The van der Waals surface area contributed by atoms with Gasteiger partial charge in [0.1, 0.15) is 5.82 Å². The van der Waals surface area contributed by atoms with E-state index in [1.165, 1.54) is 11.1 Å². The van der Waals surface area contributed by atoms with E-state index in [4.69, 9.17) is 0 Å². The molecule has 2 heterocycles. The zero-order chi connectivity index (χ0) is 19.8. The third-order valence-electron chi connectivity index (χ3n) is 5.04. The molecule has 3 rings (SSSR count). The van der Waals surface area contributed by atoms with Gasteiger partial charge in [-0.05, 0) is 49.1 Å². The summed E-state index contributed by atoms with van der Waals surface area (Å²) >= 11 is 0. The number of aryl methyl sites for hydroxylation is 1. The van der Waals surface area contributed by atoms with Crippen LogP contribution in [0.4, 0.5) is 0 Å². The highest BCUT2D eigenvalue weighted by atomic mass is 16.1. The van der Waals surface area contributed by atoms with Gasteiger partial charge in [0.2, 0.25) is 0 Å². The summed E-state index contributed by atoms with van der Waals surface area (Å²) in [6, 6.07) is 7.49. The number of H-pyrrole nitrogens is 1. The van der Waals surface area contributed by atoms with E-state index in [0.29, 0.717) is 5.39 Å². The molecule has 1 aromatic heterocycles. The first-order valence-corrected chi connectivity index (χ1v) is 10.1. The third-order valence-corrected chi connectivity index (χ3v) is 5.04. The second-order valence-corrected chi connectivity index (χ2v) is 7.08. The Bertz CT molecular complexity index is 965. The number of hydrogen-bond donors (Lipinski definition) is 1. The Morgan fingerprint density at radius 1 is 1.36 bits per heavy atom. The van der Waals surface area contributed by atoms with Crippen LogP contribution in [0.3, 0.4) is 0 Å². The summed E-state index contributed by atoms with van der Waals surface area (Å²) in [5.41, 5.74) is 3.40. The normalized spacial score (nSPS) is 15.9. The van der Waals surface area contributed by atoms with E-state index in [9.17, 15) is 4.79 Å². The number of fused-ring (bicyclic) bond motifs is 1. The Kier molecular flexibility index (Phi) is 7.15. The molecule has 0 spiro atoms. The molecule has 1 N–H and O–H groups in total. The molecule has 0 aliphatic carbocycles. The van der Waals surface area contributed by atoms with Crippen molar-refractivity contribution in [2.24, 2.45) is 0 Å². The fourth-order valence-corrected chi connectivity index (χ4v) is 3.54. The number of rotatable bonds is 8. The SMILES string of the molecule is C=C/C=C(\C=C/CC)C1=CCN(CCCc2nc3ccccc3c(=O)[nH]2)CC1. The highest BCUT2D eigenvalue weighted by Crippen LogP contribution is 2.21. The number of hydrogen-bond acceptors (Lipinski definition) is 3. The molecular formula is C24H29N3O. The van der Waals surface area contributed by atoms with Crippen molar-refractivity contribution in [1.29, 1.82) is 0 Å². The maximum atomic E-state index is 12.2. The quantitative estimate of drug-likeness (QED) is 0.688. The molecule has 0 atom stereocenters. The molecule has 4 nitrogen and oxygen atoms in total. The highest BCUT2D eigenvalue weighted by molar-refractivity contribution is 5.77. The number of nitrogens with one attached hydrogen (secondary N) is 1. The second-order valence-electron chi connectivity index (χ2n) is 7.08. The lowest BCUT2D eigenvalue weighted by Gasteiger charge is -2.26. The van der Waals surface area contributed by atoms with Crippen molar-refractivity contribution in [3.63, 3.8) is 0 Å². The van der Waals surface area contributed by atoms with E-state index >= 15 is 0 Å². The van der Waals surface area contributed by atoms with Crippen molar-refractivity contribution in [1.82, 2.24) is 14.9 Å². The maximum Gasteiger partial charge on any atom is 0.258 e. The Hall–Kier alpha value is -2.72. The average molecular weight is 376 g/mol. The molecule has 1 aliphatic rings. The Balaban J connectivity index is 1.55. The number of para-hydroxylation sites is 1. The molecule has 146 valence electrons. The number of nitrogens with zero attached hydrogens (tertiary/aromatic N) is 2. The van der Waals surface area contributed by atoms with E-state index in [-0.39, 0.29) is 5.56 Å².